The summed E-state index contributed by atoms with van der Waals surface area (Å²) in [5.74, 6) is 1.35. The second-order valence-electron chi connectivity index (χ2n) is 5.26. The van der Waals surface area contributed by atoms with Crippen molar-refractivity contribution < 1.29 is 19.0 Å². The van der Waals surface area contributed by atoms with Crippen molar-refractivity contribution in [2.45, 2.75) is 6.92 Å². The Hall–Kier alpha value is -2.95. The molecule has 2 aromatic carbocycles. The first-order chi connectivity index (χ1) is 11.5. The van der Waals surface area contributed by atoms with Crippen LogP contribution < -0.4 is 19.5 Å². The number of hydrogen-bond acceptors (Lipinski definition) is 4. The van der Waals surface area contributed by atoms with Gasteiger partial charge >= 0.3 is 0 Å². The van der Waals surface area contributed by atoms with E-state index in [1.165, 1.54) is 7.11 Å². The number of benzene rings is 2. The molecule has 24 heavy (non-hydrogen) atoms. The lowest BCUT2D eigenvalue weighted by Crippen LogP contribution is -2.14. The fourth-order valence-electron chi connectivity index (χ4n) is 2.07. The van der Waals surface area contributed by atoms with Gasteiger partial charge in [-0.2, -0.15) is 0 Å². The molecular formula is C19H21NO4. The zero-order chi connectivity index (χ0) is 17.5. The van der Waals surface area contributed by atoms with Crippen molar-refractivity contribution in [2.24, 2.45) is 0 Å². The molecule has 0 saturated heterocycles. The Labute approximate surface area is 141 Å². The van der Waals surface area contributed by atoms with Gasteiger partial charge in [-0.1, -0.05) is 18.7 Å². The van der Waals surface area contributed by atoms with Crippen molar-refractivity contribution in [1.29, 1.82) is 0 Å². The average molecular weight is 327 g/mol. The molecule has 0 aliphatic rings. The number of carbonyl (C=O) groups is 1. The monoisotopic (exact) mass is 327 g/mol. The molecule has 5 nitrogen and oxygen atoms in total. The van der Waals surface area contributed by atoms with E-state index in [9.17, 15) is 4.79 Å². The number of hydrogen-bond donors (Lipinski definition) is 1. The van der Waals surface area contributed by atoms with Crippen molar-refractivity contribution in [3.05, 3.63) is 60.2 Å². The highest BCUT2D eigenvalue weighted by Crippen LogP contribution is 2.28. The highest BCUT2D eigenvalue weighted by molar-refractivity contribution is 6.07. The molecule has 1 amide bonds. The molecule has 0 atom stereocenters. The summed E-state index contributed by atoms with van der Waals surface area (Å²) in [5.41, 5.74) is 1.89. The number of anilines is 1. The maximum atomic E-state index is 12.6. The van der Waals surface area contributed by atoms with Gasteiger partial charge in [0.15, 0.2) is 0 Å². The van der Waals surface area contributed by atoms with E-state index in [-0.39, 0.29) is 5.91 Å². The third-order valence-corrected chi connectivity index (χ3v) is 3.26. The molecule has 126 valence electrons. The predicted octanol–water partition coefficient (Wildman–Crippen LogP) is 3.91. The highest BCUT2D eigenvalue weighted by Gasteiger charge is 2.15. The molecule has 0 fully saturated rings. The van der Waals surface area contributed by atoms with Crippen molar-refractivity contribution in [3.63, 3.8) is 0 Å². The van der Waals surface area contributed by atoms with Crippen LogP contribution in [0.25, 0.3) is 0 Å². The predicted molar refractivity (Wildman–Crippen MR) is 94.3 cm³/mol. The standard InChI is InChI=1S/C19H21NO4/c1-13(2)12-24-17-8-6-5-7-16(17)20-19(21)15-10-9-14(22-3)11-18(15)23-4/h5-11H,1,12H2,2-4H3,(H,20,21). The maximum Gasteiger partial charge on any atom is 0.259 e. The van der Waals surface area contributed by atoms with E-state index in [4.69, 9.17) is 14.2 Å². The molecule has 0 bridgehead atoms. The first-order valence-corrected chi connectivity index (χ1v) is 7.44. The molecule has 0 radical (unpaired) electrons. The molecule has 1 N–H and O–H groups in total. The van der Waals surface area contributed by atoms with E-state index < -0.39 is 0 Å². The van der Waals surface area contributed by atoms with Gasteiger partial charge < -0.3 is 19.5 Å². The van der Waals surface area contributed by atoms with Gasteiger partial charge in [0.05, 0.1) is 25.5 Å². The van der Waals surface area contributed by atoms with Gasteiger partial charge in [-0.15, -0.1) is 0 Å². The number of para-hydroxylation sites is 2. The van der Waals surface area contributed by atoms with Gasteiger partial charge in [-0.3, -0.25) is 4.79 Å². The third-order valence-electron chi connectivity index (χ3n) is 3.26. The summed E-state index contributed by atoms with van der Waals surface area (Å²) < 4.78 is 16.1. The van der Waals surface area contributed by atoms with E-state index >= 15 is 0 Å². The van der Waals surface area contributed by atoms with Crippen LogP contribution in [0, 0.1) is 0 Å². The summed E-state index contributed by atoms with van der Waals surface area (Å²) in [5, 5.41) is 2.85. The van der Waals surface area contributed by atoms with Crippen LogP contribution >= 0.6 is 0 Å². The zero-order valence-corrected chi connectivity index (χ0v) is 14.1. The molecule has 0 aromatic heterocycles. The van der Waals surface area contributed by atoms with Crippen LogP contribution in [0.3, 0.4) is 0 Å². The van der Waals surface area contributed by atoms with Gasteiger partial charge in [-0.25, -0.2) is 0 Å². The van der Waals surface area contributed by atoms with E-state index in [1.54, 1.807) is 37.4 Å². The molecule has 0 spiro atoms. The smallest absolute Gasteiger partial charge is 0.259 e. The number of rotatable bonds is 7. The minimum atomic E-state index is -0.291. The molecule has 0 unspecified atom stereocenters. The molecule has 0 aliphatic carbocycles. The Bertz CT molecular complexity index is 740. The van der Waals surface area contributed by atoms with Gasteiger partial charge in [0, 0.05) is 6.07 Å². The van der Waals surface area contributed by atoms with E-state index in [0.29, 0.717) is 35.1 Å². The second-order valence-corrected chi connectivity index (χ2v) is 5.26. The van der Waals surface area contributed by atoms with E-state index in [0.717, 1.165) is 5.57 Å². The zero-order valence-electron chi connectivity index (χ0n) is 14.1. The van der Waals surface area contributed by atoms with Gasteiger partial charge in [0.2, 0.25) is 0 Å². The fourth-order valence-corrected chi connectivity index (χ4v) is 2.07. The van der Waals surface area contributed by atoms with Crippen molar-refractivity contribution in [2.75, 3.05) is 26.1 Å². The summed E-state index contributed by atoms with van der Waals surface area (Å²) in [6.07, 6.45) is 0. The van der Waals surface area contributed by atoms with Crippen LogP contribution in [0.1, 0.15) is 17.3 Å². The van der Waals surface area contributed by atoms with Crippen LogP contribution in [0.15, 0.2) is 54.6 Å². The molecular weight excluding hydrogens is 306 g/mol. The fraction of sp³-hybridized carbons (Fsp3) is 0.211. The number of amides is 1. The largest absolute Gasteiger partial charge is 0.497 e. The topological polar surface area (TPSA) is 56.8 Å². The molecule has 0 heterocycles. The Morgan fingerprint density at radius 3 is 2.50 bits per heavy atom. The van der Waals surface area contributed by atoms with Crippen LogP contribution in [0.2, 0.25) is 0 Å². The summed E-state index contributed by atoms with van der Waals surface area (Å²) in [4.78, 5) is 12.6. The lowest BCUT2D eigenvalue weighted by molar-refractivity contribution is 0.102. The lowest BCUT2D eigenvalue weighted by Gasteiger charge is -2.14. The minimum absolute atomic E-state index is 0.291. The van der Waals surface area contributed by atoms with Crippen LogP contribution in [0.4, 0.5) is 5.69 Å². The van der Waals surface area contributed by atoms with Gasteiger partial charge in [0.1, 0.15) is 23.9 Å². The average Bonchev–Trinajstić information content (AvgIpc) is 2.60. The van der Waals surface area contributed by atoms with E-state index in [2.05, 4.69) is 11.9 Å². The Morgan fingerprint density at radius 1 is 1.08 bits per heavy atom. The van der Waals surface area contributed by atoms with E-state index in [1.807, 2.05) is 19.1 Å². The number of nitrogens with one attached hydrogen (secondary N) is 1. The maximum absolute atomic E-state index is 12.6. The van der Waals surface area contributed by atoms with Crippen LogP contribution in [-0.4, -0.2) is 26.7 Å². The molecule has 2 rings (SSSR count). The van der Waals surface area contributed by atoms with Crippen LogP contribution in [-0.2, 0) is 0 Å². The second kappa shape index (κ2) is 8.06. The summed E-state index contributed by atoms with van der Waals surface area (Å²) >= 11 is 0. The summed E-state index contributed by atoms with van der Waals surface area (Å²) in [6.45, 7) is 6.07. The third kappa shape index (κ3) is 4.29. The number of carbonyl (C=O) groups excluding carboxylic acids is 1. The quantitative estimate of drug-likeness (QED) is 0.783. The Balaban J connectivity index is 2.22. The highest BCUT2D eigenvalue weighted by atomic mass is 16.5. The van der Waals surface area contributed by atoms with Crippen molar-refractivity contribution in [3.8, 4) is 17.2 Å². The minimum Gasteiger partial charge on any atom is -0.497 e. The summed E-state index contributed by atoms with van der Waals surface area (Å²) in [7, 11) is 3.07. The lowest BCUT2D eigenvalue weighted by atomic mass is 10.1. The molecule has 0 aliphatic heterocycles. The number of ether oxygens (including phenoxy) is 3. The van der Waals surface area contributed by atoms with Gasteiger partial charge in [0.25, 0.3) is 5.91 Å². The van der Waals surface area contributed by atoms with Crippen molar-refractivity contribution >= 4 is 11.6 Å². The number of methoxy groups -OCH3 is 2. The Kier molecular flexibility index (Phi) is 5.84. The normalized spacial score (nSPS) is 9.96. The first kappa shape index (κ1) is 17.4. The Morgan fingerprint density at radius 2 is 1.83 bits per heavy atom. The summed E-state index contributed by atoms with van der Waals surface area (Å²) in [6, 6.07) is 12.3. The first-order valence-electron chi connectivity index (χ1n) is 7.44. The van der Waals surface area contributed by atoms with Crippen molar-refractivity contribution in [1.82, 2.24) is 0 Å². The van der Waals surface area contributed by atoms with Gasteiger partial charge in [-0.05, 0) is 36.8 Å². The molecule has 0 saturated carbocycles. The molecule has 2 aromatic rings. The van der Waals surface area contributed by atoms with Crippen LogP contribution in [0.5, 0.6) is 17.2 Å². The molecule has 5 heteroatoms. The SMILES string of the molecule is C=C(C)COc1ccccc1NC(=O)c1ccc(OC)cc1OC.